The van der Waals surface area contributed by atoms with Gasteiger partial charge in [0.05, 0.1) is 16.9 Å². The molecule has 2 aliphatic rings. The van der Waals surface area contributed by atoms with E-state index < -0.39 is 6.04 Å². The summed E-state index contributed by atoms with van der Waals surface area (Å²) in [5.41, 5.74) is 3.66. The van der Waals surface area contributed by atoms with Crippen molar-refractivity contribution in [2.24, 2.45) is 5.41 Å². The number of carbonyl (C=O) groups excluding carboxylic acids is 3. The van der Waals surface area contributed by atoms with Crippen LogP contribution in [0.2, 0.25) is 0 Å². The summed E-state index contributed by atoms with van der Waals surface area (Å²) in [7, 11) is 0. The van der Waals surface area contributed by atoms with Crippen LogP contribution in [0.15, 0.2) is 35.2 Å². The first-order chi connectivity index (χ1) is 19.4. The molecule has 12 heteroatoms. The lowest BCUT2D eigenvalue weighted by Crippen LogP contribution is -2.46. The SMILES string of the molecule is CC(=O)c1nn(CC(=O)N2C3C[C@]3(C)C[C@H]2C(=O)Nc2cc(C)cc(Br)n2)c2c(C)nc(-c3cnc(C)nc3)cc12. The first kappa shape index (κ1) is 27.1. The van der Waals surface area contributed by atoms with E-state index in [1.807, 2.05) is 19.9 Å². The summed E-state index contributed by atoms with van der Waals surface area (Å²) < 4.78 is 2.16. The van der Waals surface area contributed by atoms with Gasteiger partial charge in [-0.3, -0.25) is 24.0 Å². The van der Waals surface area contributed by atoms with Crippen LogP contribution in [0.1, 0.15) is 54.3 Å². The van der Waals surface area contributed by atoms with Crippen LogP contribution < -0.4 is 5.32 Å². The van der Waals surface area contributed by atoms with Gasteiger partial charge in [0.15, 0.2) is 5.78 Å². The van der Waals surface area contributed by atoms with Gasteiger partial charge in [0, 0.05) is 36.3 Å². The second-order valence-corrected chi connectivity index (χ2v) is 12.1. The minimum Gasteiger partial charge on any atom is -0.325 e. The number of ketones is 1. The maximum Gasteiger partial charge on any atom is 0.248 e. The molecule has 1 aliphatic heterocycles. The molecule has 210 valence electrons. The Morgan fingerprint density at radius 1 is 1.07 bits per heavy atom. The lowest BCUT2D eigenvalue weighted by atomic mass is 10.0. The maximum atomic E-state index is 13.9. The van der Waals surface area contributed by atoms with Gasteiger partial charge in [-0.2, -0.15) is 5.10 Å². The molecule has 4 aromatic rings. The molecule has 0 spiro atoms. The molecule has 0 radical (unpaired) electrons. The van der Waals surface area contributed by atoms with E-state index in [0.717, 1.165) is 12.0 Å². The predicted octanol–water partition coefficient (Wildman–Crippen LogP) is 4.19. The minimum atomic E-state index is -0.631. The van der Waals surface area contributed by atoms with Gasteiger partial charge < -0.3 is 10.2 Å². The van der Waals surface area contributed by atoms with Crippen molar-refractivity contribution in [2.75, 3.05) is 5.32 Å². The molecule has 41 heavy (non-hydrogen) atoms. The molecule has 6 rings (SSSR count). The number of halogens is 1. The van der Waals surface area contributed by atoms with E-state index in [-0.39, 0.29) is 41.3 Å². The van der Waals surface area contributed by atoms with E-state index in [4.69, 9.17) is 4.98 Å². The van der Waals surface area contributed by atoms with Gasteiger partial charge in [0.2, 0.25) is 11.8 Å². The summed E-state index contributed by atoms with van der Waals surface area (Å²) in [5.74, 6) is 0.355. The fourth-order valence-electron chi connectivity index (χ4n) is 5.91. The van der Waals surface area contributed by atoms with Crippen LogP contribution in [0.3, 0.4) is 0 Å². The summed E-state index contributed by atoms with van der Waals surface area (Å²) in [6.45, 7) is 8.98. The number of nitrogens with zero attached hydrogens (tertiary/aromatic N) is 7. The summed E-state index contributed by atoms with van der Waals surface area (Å²) in [6.07, 6.45) is 4.79. The summed E-state index contributed by atoms with van der Waals surface area (Å²) in [5, 5.41) is 8.06. The molecular formula is C29H29BrN8O3. The smallest absolute Gasteiger partial charge is 0.248 e. The fraction of sp³-hybridized carbons (Fsp3) is 0.379. The molecule has 0 bridgehead atoms. The Balaban J connectivity index is 1.31. The Bertz CT molecular complexity index is 1730. The quantitative estimate of drug-likeness (QED) is 0.251. The number of aryl methyl sites for hydroxylation is 3. The van der Waals surface area contributed by atoms with Crippen LogP contribution in [0.25, 0.3) is 22.2 Å². The largest absolute Gasteiger partial charge is 0.325 e. The van der Waals surface area contributed by atoms with Gasteiger partial charge in [0.1, 0.15) is 34.5 Å². The molecule has 1 saturated carbocycles. The molecule has 11 nitrogen and oxygen atoms in total. The number of likely N-dealkylation sites (tertiary alicyclic amines) is 1. The highest BCUT2D eigenvalue weighted by atomic mass is 79.9. The zero-order valence-corrected chi connectivity index (χ0v) is 25.0. The van der Waals surface area contributed by atoms with Crippen molar-refractivity contribution in [3.05, 3.63) is 58.0 Å². The third kappa shape index (κ3) is 4.90. The number of hydrogen-bond acceptors (Lipinski definition) is 8. The number of piperidine rings is 1. The van der Waals surface area contributed by atoms with Crippen LogP contribution in [-0.2, 0) is 16.1 Å². The Morgan fingerprint density at radius 2 is 1.80 bits per heavy atom. The van der Waals surface area contributed by atoms with E-state index in [9.17, 15) is 14.4 Å². The number of pyridine rings is 2. The van der Waals surface area contributed by atoms with Crippen molar-refractivity contribution < 1.29 is 14.4 Å². The average Bonchev–Trinajstić information content (AvgIpc) is 3.25. The number of hydrogen-bond donors (Lipinski definition) is 1. The first-order valence-electron chi connectivity index (χ1n) is 13.4. The molecule has 2 amide bonds. The highest BCUT2D eigenvalue weighted by Gasteiger charge is 2.64. The summed E-state index contributed by atoms with van der Waals surface area (Å²) >= 11 is 3.37. The van der Waals surface area contributed by atoms with E-state index >= 15 is 0 Å². The van der Waals surface area contributed by atoms with Crippen molar-refractivity contribution in [3.63, 3.8) is 0 Å². The maximum absolute atomic E-state index is 13.9. The number of Topliss-reactive ketones (excluding diaryl/α,β-unsaturated/α-hetero) is 1. The van der Waals surface area contributed by atoms with Gasteiger partial charge in [-0.1, -0.05) is 6.92 Å². The second-order valence-electron chi connectivity index (χ2n) is 11.3. The lowest BCUT2D eigenvalue weighted by Gasteiger charge is -2.27. The van der Waals surface area contributed by atoms with Crippen LogP contribution in [0.4, 0.5) is 5.82 Å². The molecular weight excluding hydrogens is 588 g/mol. The Morgan fingerprint density at radius 3 is 2.49 bits per heavy atom. The van der Waals surface area contributed by atoms with Gasteiger partial charge in [-0.05, 0) is 78.7 Å². The molecule has 5 heterocycles. The van der Waals surface area contributed by atoms with Crippen molar-refractivity contribution >= 4 is 50.2 Å². The summed E-state index contributed by atoms with van der Waals surface area (Å²) in [4.78, 5) is 59.2. The Kier molecular flexibility index (Phi) is 6.48. The fourth-order valence-corrected chi connectivity index (χ4v) is 6.46. The number of fused-ring (bicyclic) bond motifs is 2. The lowest BCUT2D eigenvalue weighted by molar-refractivity contribution is -0.138. The number of carbonyl (C=O) groups is 3. The van der Waals surface area contributed by atoms with Crippen molar-refractivity contribution in [2.45, 2.75) is 66.1 Å². The standard InChI is InChI=1S/C29H29BrN8O3/c1-14-6-23(30)34-24(7-14)35-28(41)21-9-29(5)10-22(29)38(21)25(40)13-37-27-15(2)33-20(18-11-31-17(4)32-12-18)8-19(27)26(36-37)16(3)39/h6-8,11-12,21-22H,9-10,13H2,1-5H3,(H,34,35,41)/t21-,22?,29-/m0/s1. The van der Waals surface area contributed by atoms with Crippen molar-refractivity contribution in [1.29, 1.82) is 0 Å². The van der Waals surface area contributed by atoms with Crippen molar-refractivity contribution in [3.8, 4) is 11.3 Å². The number of aromatic nitrogens is 6. The van der Waals surface area contributed by atoms with E-state index in [1.54, 1.807) is 41.0 Å². The molecule has 0 aromatic carbocycles. The highest BCUT2D eigenvalue weighted by Crippen LogP contribution is 2.59. The minimum absolute atomic E-state index is 0.0237. The van der Waals surface area contributed by atoms with Crippen molar-refractivity contribution in [1.82, 2.24) is 34.6 Å². The second kappa shape index (κ2) is 9.79. The van der Waals surface area contributed by atoms with Crippen LogP contribution in [0.5, 0.6) is 0 Å². The third-order valence-corrected chi connectivity index (χ3v) is 8.42. The van der Waals surface area contributed by atoms with Gasteiger partial charge >= 0.3 is 0 Å². The average molecular weight is 618 g/mol. The van der Waals surface area contributed by atoms with E-state index in [0.29, 0.717) is 50.5 Å². The van der Waals surface area contributed by atoms with Crippen LogP contribution >= 0.6 is 15.9 Å². The number of nitrogens with one attached hydrogen (secondary N) is 1. The van der Waals surface area contributed by atoms with Crippen LogP contribution in [0, 0.1) is 26.2 Å². The topological polar surface area (TPSA) is 136 Å². The predicted molar refractivity (Wildman–Crippen MR) is 155 cm³/mol. The number of amides is 2. The zero-order chi connectivity index (χ0) is 29.2. The Labute approximate surface area is 244 Å². The summed E-state index contributed by atoms with van der Waals surface area (Å²) in [6, 6.07) is 4.78. The van der Waals surface area contributed by atoms with Gasteiger partial charge in [-0.15, -0.1) is 0 Å². The molecule has 4 aromatic heterocycles. The van der Waals surface area contributed by atoms with E-state index in [2.05, 4.69) is 48.2 Å². The van der Waals surface area contributed by atoms with Gasteiger partial charge in [0.25, 0.3) is 0 Å². The highest BCUT2D eigenvalue weighted by molar-refractivity contribution is 9.10. The molecule has 3 atom stereocenters. The normalized spacial score (nSPS) is 21.2. The molecule has 1 saturated heterocycles. The number of anilines is 1. The molecule has 1 N–H and O–H groups in total. The Hall–Kier alpha value is -4.06. The van der Waals surface area contributed by atoms with E-state index in [1.165, 1.54) is 6.92 Å². The first-order valence-corrected chi connectivity index (χ1v) is 14.2. The molecule has 2 fully saturated rings. The van der Waals surface area contributed by atoms with Gasteiger partial charge in [-0.25, -0.2) is 15.0 Å². The van der Waals surface area contributed by atoms with Crippen LogP contribution in [-0.4, -0.2) is 64.3 Å². The zero-order valence-electron chi connectivity index (χ0n) is 23.4. The number of rotatable bonds is 6. The molecule has 1 unspecified atom stereocenters. The molecule has 1 aliphatic carbocycles. The third-order valence-electron chi connectivity index (χ3n) is 8.01. The monoisotopic (exact) mass is 616 g/mol.